The van der Waals surface area contributed by atoms with Gasteiger partial charge in [0.1, 0.15) is 11.5 Å². The number of carbonyl (C=O) groups is 1. The van der Waals surface area contributed by atoms with Crippen molar-refractivity contribution in [2.45, 2.75) is 43.8 Å². The number of rotatable bonds is 7. The standard InChI is InChI=1S/C19H29N3O3/c1-22-10-8-14(9-11-22)20-17-6-7-18(17)21-19(23)13-25-16-5-3-4-15(12-16)24-2/h3-5,12,14,17-18,20H,6-11,13H2,1-2H3,(H,21,23)/t17-,18+/m1/s1. The van der Waals surface area contributed by atoms with Crippen LogP contribution >= 0.6 is 0 Å². The molecule has 6 nitrogen and oxygen atoms in total. The summed E-state index contributed by atoms with van der Waals surface area (Å²) >= 11 is 0. The molecule has 138 valence electrons. The van der Waals surface area contributed by atoms with Crippen molar-refractivity contribution in [3.8, 4) is 11.5 Å². The van der Waals surface area contributed by atoms with Gasteiger partial charge in [-0.2, -0.15) is 0 Å². The Kier molecular flexibility index (Phi) is 6.15. The zero-order chi connectivity index (χ0) is 17.6. The second-order valence-corrected chi connectivity index (χ2v) is 7.07. The number of piperidine rings is 1. The van der Waals surface area contributed by atoms with Gasteiger partial charge in [-0.25, -0.2) is 0 Å². The highest BCUT2D eigenvalue weighted by atomic mass is 16.5. The maximum Gasteiger partial charge on any atom is 0.258 e. The Morgan fingerprint density at radius 3 is 2.56 bits per heavy atom. The number of nitrogens with zero attached hydrogens (tertiary/aromatic N) is 1. The summed E-state index contributed by atoms with van der Waals surface area (Å²) in [5, 5.41) is 6.82. The molecular weight excluding hydrogens is 318 g/mol. The fraction of sp³-hybridized carbons (Fsp3) is 0.632. The summed E-state index contributed by atoms with van der Waals surface area (Å²) in [4.78, 5) is 14.5. The Bertz CT molecular complexity index is 573. The molecular formula is C19H29N3O3. The zero-order valence-corrected chi connectivity index (χ0v) is 15.2. The number of benzene rings is 1. The van der Waals surface area contributed by atoms with E-state index in [0.717, 1.165) is 31.7 Å². The molecule has 1 amide bonds. The monoisotopic (exact) mass is 347 g/mol. The summed E-state index contributed by atoms with van der Waals surface area (Å²) in [5.41, 5.74) is 0. The number of ether oxygens (including phenoxy) is 2. The SMILES string of the molecule is COc1cccc(OCC(=O)N[C@H]2CC[C@H]2NC2CCN(C)CC2)c1. The minimum absolute atomic E-state index is 0.0324. The predicted molar refractivity (Wildman–Crippen MR) is 97.1 cm³/mol. The number of hydrogen-bond acceptors (Lipinski definition) is 5. The van der Waals surface area contributed by atoms with Crippen molar-refractivity contribution >= 4 is 5.91 Å². The highest BCUT2D eigenvalue weighted by molar-refractivity contribution is 5.78. The highest BCUT2D eigenvalue weighted by Crippen LogP contribution is 2.23. The normalized spacial score (nSPS) is 24.4. The van der Waals surface area contributed by atoms with Gasteiger partial charge in [0, 0.05) is 24.2 Å². The Morgan fingerprint density at radius 2 is 1.88 bits per heavy atom. The molecule has 2 aliphatic rings. The van der Waals surface area contributed by atoms with E-state index in [1.54, 1.807) is 13.2 Å². The molecule has 6 heteroatoms. The van der Waals surface area contributed by atoms with E-state index in [9.17, 15) is 4.79 Å². The van der Waals surface area contributed by atoms with E-state index in [1.807, 2.05) is 18.2 Å². The molecule has 1 aromatic carbocycles. The maximum absolute atomic E-state index is 12.2. The third kappa shape index (κ3) is 5.09. The van der Waals surface area contributed by atoms with Crippen LogP contribution in [0.3, 0.4) is 0 Å². The van der Waals surface area contributed by atoms with E-state index >= 15 is 0 Å². The highest BCUT2D eigenvalue weighted by Gasteiger charge is 2.34. The number of hydrogen-bond donors (Lipinski definition) is 2. The second kappa shape index (κ2) is 8.54. The summed E-state index contributed by atoms with van der Waals surface area (Å²) in [7, 11) is 3.78. The fourth-order valence-corrected chi connectivity index (χ4v) is 3.44. The molecule has 0 bridgehead atoms. The van der Waals surface area contributed by atoms with E-state index in [-0.39, 0.29) is 18.6 Å². The van der Waals surface area contributed by atoms with Gasteiger partial charge in [-0.05, 0) is 58.0 Å². The molecule has 1 saturated heterocycles. The van der Waals surface area contributed by atoms with Crippen LogP contribution in [0.25, 0.3) is 0 Å². The third-order valence-electron chi connectivity index (χ3n) is 5.20. The van der Waals surface area contributed by atoms with Gasteiger partial charge in [0.25, 0.3) is 5.91 Å². The van der Waals surface area contributed by atoms with Crippen molar-refractivity contribution in [3.05, 3.63) is 24.3 Å². The first kappa shape index (κ1) is 18.0. The Labute approximate surface area is 149 Å². The van der Waals surface area contributed by atoms with Crippen LogP contribution in [0.5, 0.6) is 11.5 Å². The molecule has 1 aliphatic carbocycles. The molecule has 2 N–H and O–H groups in total. The largest absolute Gasteiger partial charge is 0.497 e. The van der Waals surface area contributed by atoms with Crippen molar-refractivity contribution in [3.63, 3.8) is 0 Å². The first-order valence-electron chi connectivity index (χ1n) is 9.15. The van der Waals surface area contributed by atoms with Gasteiger partial charge in [0.2, 0.25) is 0 Å². The van der Waals surface area contributed by atoms with E-state index in [1.165, 1.54) is 12.8 Å². The van der Waals surface area contributed by atoms with Gasteiger partial charge in [-0.3, -0.25) is 4.79 Å². The van der Waals surface area contributed by atoms with Crippen LogP contribution in [0.15, 0.2) is 24.3 Å². The van der Waals surface area contributed by atoms with Crippen molar-refractivity contribution in [1.29, 1.82) is 0 Å². The number of methoxy groups -OCH3 is 1. The molecule has 2 atom stereocenters. The van der Waals surface area contributed by atoms with Gasteiger partial charge in [0.15, 0.2) is 6.61 Å². The van der Waals surface area contributed by atoms with Crippen LogP contribution in [0.1, 0.15) is 25.7 Å². The van der Waals surface area contributed by atoms with Crippen molar-refractivity contribution in [2.24, 2.45) is 0 Å². The van der Waals surface area contributed by atoms with E-state index in [2.05, 4.69) is 22.6 Å². The predicted octanol–water partition coefficient (Wildman–Crippen LogP) is 1.41. The van der Waals surface area contributed by atoms with Crippen molar-refractivity contribution in [1.82, 2.24) is 15.5 Å². The average molecular weight is 347 g/mol. The summed E-state index contributed by atoms with van der Waals surface area (Å²) in [5.74, 6) is 1.30. The van der Waals surface area contributed by atoms with E-state index in [0.29, 0.717) is 17.8 Å². The number of amides is 1. The van der Waals surface area contributed by atoms with Crippen LogP contribution < -0.4 is 20.1 Å². The summed E-state index contributed by atoms with van der Waals surface area (Å²) in [6.07, 6.45) is 4.54. The molecule has 25 heavy (non-hydrogen) atoms. The van der Waals surface area contributed by atoms with Crippen molar-refractivity contribution in [2.75, 3.05) is 33.9 Å². The summed E-state index contributed by atoms with van der Waals surface area (Å²) in [6.45, 7) is 2.33. The maximum atomic E-state index is 12.2. The van der Waals surface area contributed by atoms with Gasteiger partial charge in [0.05, 0.1) is 7.11 Å². The van der Waals surface area contributed by atoms with Crippen LogP contribution in [-0.2, 0) is 4.79 Å². The van der Waals surface area contributed by atoms with Crippen LogP contribution in [0.2, 0.25) is 0 Å². The molecule has 1 aromatic rings. The number of carbonyl (C=O) groups excluding carboxylic acids is 1. The topological polar surface area (TPSA) is 62.8 Å². The lowest BCUT2D eigenvalue weighted by Crippen LogP contribution is -2.60. The summed E-state index contributed by atoms with van der Waals surface area (Å²) < 4.78 is 10.7. The second-order valence-electron chi connectivity index (χ2n) is 7.07. The minimum atomic E-state index is -0.0669. The molecule has 1 aliphatic heterocycles. The molecule has 0 radical (unpaired) electrons. The van der Waals surface area contributed by atoms with Gasteiger partial charge in [-0.1, -0.05) is 6.07 Å². The van der Waals surface area contributed by atoms with Crippen LogP contribution in [0, 0.1) is 0 Å². The quantitative estimate of drug-likeness (QED) is 0.781. The molecule has 0 spiro atoms. The molecule has 1 heterocycles. The van der Waals surface area contributed by atoms with Crippen LogP contribution in [-0.4, -0.2) is 62.8 Å². The smallest absolute Gasteiger partial charge is 0.258 e. The third-order valence-corrected chi connectivity index (χ3v) is 5.20. The minimum Gasteiger partial charge on any atom is -0.497 e. The Morgan fingerprint density at radius 1 is 1.16 bits per heavy atom. The van der Waals surface area contributed by atoms with Gasteiger partial charge in [-0.15, -0.1) is 0 Å². The Hall–Kier alpha value is -1.79. The lowest BCUT2D eigenvalue weighted by atomic mass is 9.85. The molecule has 2 fully saturated rings. The lowest BCUT2D eigenvalue weighted by molar-refractivity contribution is -0.124. The first-order chi connectivity index (χ1) is 12.1. The zero-order valence-electron chi connectivity index (χ0n) is 15.2. The van der Waals surface area contributed by atoms with Crippen LogP contribution in [0.4, 0.5) is 0 Å². The van der Waals surface area contributed by atoms with E-state index in [4.69, 9.17) is 9.47 Å². The number of likely N-dealkylation sites (tertiary alicyclic amines) is 1. The number of nitrogens with one attached hydrogen (secondary N) is 2. The molecule has 0 unspecified atom stereocenters. The molecule has 0 aromatic heterocycles. The Balaban J connectivity index is 1.39. The van der Waals surface area contributed by atoms with Crippen molar-refractivity contribution < 1.29 is 14.3 Å². The summed E-state index contributed by atoms with van der Waals surface area (Å²) in [6, 6.07) is 8.49. The van der Waals surface area contributed by atoms with E-state index < -0.39 is 0 Å². The average Bonchev–Trinajstić information content (AvgIpc) is 2.63. The van der Waals surface area contributed by atoms with Gasteiger partial charge < -0.3 is 25.0 Å². The molecule has 3 rings (SSSR count). The lowest BCUT2D eigenvalue weighted by Gasteiger charge is -2.41. The van der Waals surface area contributed by atoms with Gasteiger partial charge >= 0.3 is 0 Å². The first-order valence-corrected chi connectivity index (χ1v) is 9.15. The molecule has 1 saturated carbocycles. The fourth-order valence-electron chi connectivity index (χ4n) is 3.44.